The number of rotatable bonds is 4. The van der Waals surface area contributed by atoms with E-state index in [2.05, 4.69) is 18.8 Å². The zero-order chi connectivity index (χ0) is 7.98. The molecule has 0 saturated heterocycles. The molecule has 0 saturated carbocycles. The van der Waals surface area contributed by atoms with E-state index in [-0.39, 0.29) is 0 Å². The first-order valence-corrected chi connectivity index (χ1v) is 3.76. The zero-order valence-corrected chi connectivity index (χ0v) is 7.28. The van der Waals surface area contributed by atoms with Crippen LogP contribution in [0.5, 0.6) is 0 Å². The Bertz CT molecular complexity index is 129. The molecule has 1 N–H and O–H groups in total. The van der Waals surface area contributed by atoms with Crippen LogP contribution in [-0.2, 0) is 0 Å². The van der Waals surface area contributed by atoms with Crippen LogP contribution < -0.4 is 5.32 Å². The van der Waals surface area contributed by atoms with Crippen molar-refractivity contribution in [3.63, 3.8) is 0 Å². The van der Waals surface area contributed by atoms with Gasteiger partial charge in [-0.25, -0.2) is 0 Å². The minimum Gasteiger partial charge on any atom is -0.307 e. The van der Waals surface area contributed by atoms with Crippen LogP contribution in [0.2, 0.25) is 0 Å². The normalized spacial score (nSPS) is 14.9. The van der Waals surface area contributed by atoms with Gasteiger partial charge in [-0.15, -0.1) is 6.58 Å². The van der Waals surface area contributed by atoms with Crippen molar-refractivity contribution in [1.82, 2.24) is 5.32 Å². The maximum Gasteiger partial charge on any atom is 0.0222 e. The molecule has 1 atom stereocenters. The molecule has 0 aliphatic rings. The van der Waals surface area contributed by atoms with Gasteiger partial charge in [0, 0.05) is 18.1 Å². The molecule has 0 radical (unpaired) electrons. The summed E-state index contributed by atoms with van der Waals surface area (Å²) >= 11 is 5.45. The van der Waals surface area contributed by atoms with E-state index in [9.17, 15) is 0 Å². The largest absolute Gasteiger partial charge is 0.307 e. The van der Waals surface area contributed by atoms with Gasteiger partial charge < -0.3 is 5.32 Å². The lowest BCUT2D eigenvalue weighted by Crippen LogP contribution is -2.25. The highest BCUT2D eigenvalue weighted by Gasteiger charge is 1.92. The molecule has 2 heteroatoms. The van der Waals surface area contributed by atoms with Crippen LogP contribution in [-0.4, -0.2) is 12.6 Å². The van der Waals surface area contributed by atoms with Gasteiger partial charge in [0.25, 0.3) is 0 Å². The minimum absolute atomic E-state index is 0.353. The first kappa shape index (κ1) is 9.73. The van der Waals surface area contributed by atoms with Gasteiger partial charge in [-0.3, -0.25) is 0 Å². The molecule has 0 bridgehead atoms. The molecule has 10 heavy (non-hydrogen) atoms. The van der Waals surface area contributed by atoms with Gasteiger partial charge in [-0.2, -0.15) is 0 Å². The molecule has 0 aromatic heterocycles. The Morgan fingerprint density at radius 3 is 2.80 bits per heavy atom. The van der Waals surface area contributed by atoms with Gasteiger partial charge in [-0.1, -0.05) is 17.7 Å². The van der Waals surface area contributed by atoms with Crippen molar-refractivity contribution < 1.29 is 0 Å². The first-order valence-electron chi connectivity index (χ1n) is 3.32. The number of hydrogen-bond acceptors (Lipinski definition) is 1. The fourth-order valence-corrected chi connectivity index (χ4v) is 0.521. The topological polar surface area (TPSA) is 12.0 Å². The molecular weight excluding hydrogens is 146 g/mol. The fourth-order valence-electron chi connectivity index (χ4n) is 0.444. The monoisotopic (exact) mass is 159 g/mol. The quantitative estimate of drug-likeness (QED) is 0.621. The third-order valence-corrected chi connectivity index (χ3v) is 1.62. The van der Waals surface area contributed by atoms with Crippen LogP contribution >= 0.6 is 11.6 Å². The number of halogens is 1. The summed E-state index contributed by atoms with van der Waals surface area (Å²) in [5, 5.41) is 3.21. The Morgan fingerprint density at radius 2 is 2.40 bits per heavy atom. The second-order valence-corrected chi connectivity index (χ2v) is 2.58. The van der Waals surface area contributed by atoms with Crippen molar-refractivity contribution in [2.45, 2.75) is 19.9 Å². The second-order valence-electron chi connectivity index (χ2n) is 2.36. The van der Waals surface area contributed by atoms with Gasteiger partial charge in [0.15, 0.2) is 0 Å². The molecule has 0 aliphatic heterocycles. The summed E-state index contributed by atoms with van der Waals surface area (Å²) in [7, 11) is 0. The summed E-state index contributed by atoms with van der Waals surface area (Å²) in [4.78, 5) is 0. The van der Waals surface area contributed by atoms with Crippen molar-refractivity contribution in [2.75, 3.05) is 6.54 Å². The molecule has 0 heterocycles. The molecule has 0 aromatic carbocycles. The van der Waals surface area contributed by atoms with E-state index in [0.717, 1.165) is 12.1 Å². The van der Waals surface area contributed by atoms with Crippen LogP contribution in [0.4, 0.5) is 0 Å². The lowest BCUT2D eigenvalue weighted by Gasteiger charge is -2.07. The molecule has 0 spiro atoms. The summed E-state index contributed by atoms with van der Waals surface area (Å²) in [5.74, 6) is 0. The summed E-state index contributed by atoms with van der Waals surface area (Å²) < 4.78 is 0. The van der Waals surface area contributed by atoms with E-state index in [1.54, 1.807) is 5.54 Å². The fraction of sp³-hybridized carbons (Fsp3) is 0.500. The molecule has 0 aromatic rings. The third kappa shape index (κ3) is 4.59. The van der Waals surface area contributed by atoms with Gasteiger partial charge in [0.05, 0.1) is 0 Å². The maximum atomic E-state index is 5.45. The summed E-state index contributed by atoms with van der Waals surface area (Å²) in [6.07, 6.45) is 1.86. The lowest BCUT2D eigenvalue weighted by molar-refractivity contribution is 0.673. The predicted octanol–water partition coefficient (Wildman–Crippen LogP) is 2.29. The molecule has 0 rings (SSSR count). The van der Waals surface area contributed by atoms with Crippen LogP contribution in [0.25, 0.3) is 0 Å². The standard InChI is InChI=1S/C8H14ClN/c1-4-8(3)10-6-7(2)5-9/h4-5,8,10H,1,6H2,2-3H3/b7-5+. The molecule has 0 amide bonds. The van der Waals surface area contributed by atoms with E-state index in [1.807, 2.05) is 13.0 Å². The van der Waals surface area contributed by atoms with Crippen molar-refractivity contribution in [3.8, 4) is 0 Å². The SMILES string of the molecule is C=CC(C)NC/C(C)=C/Cl. The summed E-state index contributed by atoms with van der Waals surface area (Å²) in [6, 6.07) is 0.353. The zero-order valence-electron chi connectivity index (χ0n) is 6.52. The van der Waals surface area contributed by atoms with Crippen molar-refractivity contribution >= 4 is 11.6 Å². The smallest absolute Gasteiger partial charge is 0.0222 e. The Labute approximate surface area is 67.8 Å². The van der Waals surface area contributed by atoms with Gasteiger partial charge >= 0.3 is 0 Å². The maximum absolute atomic E-state index is 5.45. The highest BCUT2D eigenvalue weighted by atomic mass is 35.5. The van der Waals surface area contributed by atoms with Crippen molar-refractivity contribution in [1.29, 1.82) is 0 Å². The minimum atomic E-state index is 0.353. The molecule has 58 valence electrons. The van der Waals surface area contributed by atoms with E-state index in [4.69, 9.17) is 11.6 Å². The van der Waals surface area contributed by atoms with Crippen molar-refractivity contribution in [2.24, 2.45) is 0 Å². The highest BCUT2D eigenvalue weighted by molar-refractivity contribution is 6.25. The second kappa shape index (κ2) is 5.51. The molecule has 0 fully saturated rings. The predicted molar refractivity (Wildman–Crippen MR) is 47.3 cm³/mol. The number of nitrogens with one attached hydrogen (secondary N) is 1. The molecule has 0 aliphatic carbocycles. The van der Waals surface area contributed by atoms with Crippen LogP contribution in [0.1, 0.15) is 13.8 Å². The van der Waals surface area contributed by atoms with Crippen molar-refractivity contribution in [3.05, 3.63) is 23.8 Å². The average molecular weight is 160 g/mol. The van der Waals surface area contributed by atoms with E-state index in [1.165, 1.54) is 0 Å². The van der Waals surface area contributed by atoms with E-state index in [0.29, 0.717) is 6.04 Å². The van der Waals surface area contributed by atoms with Crippen LogP contribution in [0.15, 0.2) is 23.8 Å². The van der Waals surface area contributed by atoms with Gasteiger partial charge in [-0.05, 0) is 19.4 Å². The highest BCUT2D eigenvalue weighted by Crippen LogP contribution is 1.93. The van der Waals surface area contributed by atoms with Crippen LogP contribution in [0, 0.1) is 0 Å². The Kier molecular flexibility index (Phi) is 5.36. The Hall–Kier alpha value is -0.270. The van der Waals surface area contributed by atoms with Crippen LogP contribution in [0.3, 0.4) is 0 Å². The van der Waals surface area contributed by atoms with E-state index < -0.39 is 0 Å². The Balaban J connectivity index is 3.44. The number of hydrogen-bond donors (Lipinski definition) is 1. The Morgan fingerprint density at radius 1 is 1.80 bits per heavy atom. The molecule has 1 unspecified atom stereocenters. The summed E-state index contributed by atoms with van der Waals surface area (Å²) in [6.45, 7) is 8.51. The molecule has 1 nitrogen and oxygen atoms in total. The van der Waals surface area contributed by atoms with Gasteiger partial charge in [0.2, 0.25) is 0 Å². The van der Waals surface area contributed by atoms with E-state index >= 15 is 0 Å². The first-order chi connectivity index (χ1) is 4.70. The summed E-state index contributed by atoms with van der Waals surface area (Å²) in [5.41, 5.74) is 2.72. The third-order valence-electron chi connectivity index (χ3n) is 1.24. The lowest BCUT2D eigenvalue weighted by atomic mass is 10.3. The molecular formula is C8H14ClN. The average Bonchev–Trinajstić information content (AvgIpc) is 1.99. The van der Waals surface area contributed by atoms with Gasteiger partial charge in [0.1, 0.15) is 0 Å².